The number of aromatic nitrogens is 1. The summed E-state index contributed by atoms with van der Waals surface area (Å²) in [6.45, 7) is 0.459. The van der Waals surface area contributed by atoms with Crippen LogP contribution in [0.2, 0.25) is 10.0 Å². The lowest BCUT2D eigenvalue weighted by molar-refractivity contribution is 0.0950. The molecule has 25 heavy (non-hydrogen) atoms. The first kappa shape index (κ1) is 17.3. The Bertz CT molecular complexity index is 885. The highest BCUT2D eigenvalue weighted by molar-refractivity contribution is 6.36. The van der Waals surface area contributed by atoms with E-state index in [0.29, 0.717) is 33.5 Å². The summed E-state index contributed by atoms with van der Waals surface area (Å²) < 4.78 is 0. The van der Waals surface area contributed by atoms with Crippen molar-refractivity contribution in [3.05, 3.63) is 88.2 Å². The van der Waals surface area contributed by atoms with Crippen LogP contribution in [0, 0.1) is 0 Å². The maximum atomic E-state index is 12.3. The van der Waals surface area contributed by atoms with Gasteiger partial charge in [0.1, 0.15) is 0 Å². The van der Waals surface area contributed by atoms with Crippen LogP contribution in [-0.4, -0.2) is 10.9 Å². The normalized spacial score (nSPS) is 10.3. The molecule has 3 rings (SSSR count). The van der Waals surface area contributed by atoms with Crippen LogP contribution in [0.5, 0.6) is 0 Å². The van der Waals surface area contributed by atoms with Crippen LogP contribution < -0.4 is 10.6 Å². The number of pyridine rings is 1. The predicted molar refractivity (Wildman–Crippen MR) is 102 cm³/mol. The maximum absolute atomic E-state index is 12.3. The van der Waals surface area contributed by atoms with Crippen LogP contribution in [0.25, 0.3) is 0 Å². The van der Waals surface area contributed by atoms with Gasteiger partial charge in [0.15, 0.2) is 0 Å². The Kier molecular flexibility index (Phi) is 5.53. The van der Waals surface area contributed by atoms with Gasteiger partial charge in [0, 0.05) is 17.8 Å². The summed E-state index contributed by atoms with van der Waals surface area (Å²) in [5.74, 6) is -0.192. The topological polar surface area (TPSA) is 54.0 Å². The van der Waals surface area contributed by atoms with Gasteiger partial charge in [0.25, 0.3) is 5.91 Å². The van der Waals surface area contributed by atoms with E-state index in [1.54, 1.807) is 30.5 Å². The van der Waals surface area contributed by atoms with E-state index in [-0.39, 0.29) is 5.91 Å². The second-order valence-corrected chi connectivity index (χ2v) is 6.22. The molecule has 3 aromatic rings. The van der Waals surface area contributed by atoms with Gasteiger partial charge in [0.2, 0.25) is 0 Å². The first-order valence-electron chi connectivity index (χ1n) is 7.61. The lowest BCUT2D eigenvalue weighted by Gasteiger charge is -2.10. The van der Waals surface area contributed by atoms with Crippen LogP contribution in [0.15, 0.2) is 67.0 Å². The Morgan fingerprint density at radius 3 is 2.56 bits per heavy atom. The molecule has 6 heteroatoms. The van der Waals surface area contributed by atoms with Crippen molar-refractivity contribution in [1.29, 1.82) is 0 Å². The summed E-state index contributed by atoms with van der Waals surface area (Å²) in [5.41, 5.74) is 2.85. The zero-order valence-corrected chi connectivity index (χ0v) is 14.7. The van der Waals surface area contributed by atoms with Crippen molar-refractivity contribution in [2.24, 2.45) is 0 Å². The minimum absolute atomic E-state index is 0.192. The molecule has 4 nitrogen and oxygen atoms in total. The van der Waals surface area contributed by atoms with Gasteiger partial charge in [0.05, 0.1) is 28.2 Å². The molecule has 0 saturated carbocycles. The summed E-state index contributed by atoms with van der Waals surface area (Å²) in [4.78, 5) is 16.4. The highest BCUT2D eigenvalue weighted by Gasteiger charge is 2.08. The minimum atomic E-state index is -0.192. The Morgan fingerprint density at radius 2 is 1.80 bits per heavy atom. The van der Waals surface area contributed by atoms with Gasteiger partial charge in [-0.05, 0) is 29.8 Å². The number of anilines is 2. The van der Waals surface area contributed by atoms with E-state index in [9.17, 15) is 4.79 Å². The number of rotatable bonds is 5. The number of carbonyl (C=O) groups is 1. The molecule has 0 saturated heterocycles. The molecule has 2 aromatic carbocycles. The van der Waals surface area contributed by atoms with E-state index >= 15 is 0 Å². The standard InChI is InChI=1S/C19H15Cl2N3O/c20-15-6-7-18(17(21)9-15)24-16-8-14(11-22-12-16)19(25)23-10-13-4-2-1-3-5-13/h1-9,11-12,24H,10H2,(H,23,25). The second-order valence-electron chi connectivity index (χ2n) is 5.38. The van der Waals surface area contributed by atoms with Crippen molar-refractivity contribution in [2.75, 3.05) is 5.32 Å². The molecule has 0 aliphatic carbocycles. The molecule has 1 aromatic heterocycles. The zero-order valence-electron chi connectivity index (χ0n) is 13.2. The fourth-order valence-corrected chi connectivity index (χ4v) is 2.71. The average Bonchev–Trinajstić information content (AvgIpc) is 2.63. The van der Waals surface area contributed by atoms with Gasteiger partial charge in [-0.2, -0.15) is 0 Å². The lowest BCUT2D eigenvalue weighted by atomic mass is 10.2. The number of benzene rings is 2. The number of halogens is 2. The number of nitrogens with one attached hydrogen (secondary N) is 2. The van der Waals surface area contributed by atoms with Crippen molar-refractivity contribution < 1.29 is 4.79 Å². The fraction of sp³-hybridized carbons (Fsp3) is 0.0526. The van der Waals surface area contributed by atoms with E-state index in [2.05, 4.69) is 15.6 Å². The summed E-state index contributed by atoms with van der Waals surface area (Å²) in [7, 11) is 0. The first-order chi connectivity index (χ1) is 12.1. The predicted octanol–water partition coefficient (Wildman–Crippen LogP) is 5.06. The quantitative estimate of drug-likeness (QED) is 0.658. The van der Waals surface area contributed by atoms with E-state index < -0.39 is 0 Å². The minimum Gasteiger partial charge on any atom is -0.353 e. The van der Waals surface area contributed by atoms with Gasteiger partial charge in [-0.15, -0.1) is 0 Å². The van der Waals surface area contributed by atoms with Crippen molar-refractivity contribution in [3.63, 3.8) is 0 Å². The summed E-state index contributed by atoms with van der Waals surface area (Å²) in [6.07, 6.45) is 3.15. The molecule has 0 aliphatic rings. The fourth-order valence-electron chi connectivity index (χ4n) is 2.26. The second kappa shape index (κ2) is 8.01. The van der Waals surface area contributed by atoms with E-state index in [1.807, 2.05) is 30.3 Å². The molecule has 0 unspecified atom stereocenters. The molecule has 126 valence electrons. The molecular weight excluding hydrogens is 357 g/mol. The average molecular weight is 372 g/mol. The van der Waals surface area contributed by atoms with Crippen LogP contribution >= 0.6 is 23.2 Å². The molecule has 0 radical (unpaired) electrons. The van der Waals surface area contributed by atoms with Crippen molar-refractivity contribution in [2.45, 2.75) is 6.54 Å². The summed E-state index contributed by atoms with van der Waals surface area (Å²) in [5, 5.41) is 7.06. The van der Waals surface area contributed by atoms with Gasteiger partial charge >= 0.3 is 0 Å². The van der Waals surface area contributed by atoms with Gasteiger partial charge in [-0.1, -0.05) is 53.5 Å². The number of hydrogen-bond acceptors (Lipinski definition) is 3. The van der Waals surface area contributed by atoms with Crippen molar-refractivity contribution in [3.8, 4) is 0 Å². The number of carbonyl (C=O) groups excluding carboxylic acids is 1. The SMILES string of the molecule is O=C(NCc1ccccc1)c1cncc(Nc2ccc(Cl)cc2Cl)c1. The summed E-state index contributed by atoms with van der Waals surface area (Å²) >= 11 is 12.0. The maximum Gasteiger partial charge on any atom is 0.253 e. The van der Waals surface area contributed by atoms with E-state index in [4.69, 9.17) is 23.2 Å². The monoisotopic (exact) mass is 371 g/mol. The third-order valence-electron chi connectivity index (χ3n) is 3.51. The Labute approximate surface area is 155 Å². The van der Waals surface area contributed by atoms with E-state index in [0.717, 1.165) is 5.56 Å². The first-order valence-corrected chi connectivity index (χ1v) is 8.36. The third-order valence-corrected chi connectivity index (χ3v) is 4.05. The zero-order chi connectivity index (χ0) is 17.6. The molecule has 0 atom stereocenters. The van der Waals surface area contributed by atoms with Crippen LogP contribution in [0.3, 0.4) is 0 Å². The van der Waals surface area contributed by atoms with Crippen molar-refractivity contribution >= 4 is 40.5 Å². The van der Waals surface area contributed by atoms with Gasteiger partial charge < -0.3 is 10.6 Å². The number of nitrogens with zero attached hydrogens (tertiary/aromatic N) is 1. The largest absolute Gasteiger partial charge is 0.353 e. The molecule has 0 spiro atoms. The summed E-state index contributed by atoms with van der Waals surface area (Å²) in [6, 6.07) is 16.6. The molecule has 2 N–H and O–H groups in total. The van der Waals surface area contributed by atoms with Gasteiger partial charge in [-0.25, -0.2) is 0 Å². The lowest BCUT2D eigenvalue weighted by Crippen LogP contribution is -2.22. The third kappa shape index (κ3) is 4.72. The van der Waals surface area contributed by atoms with Crippen LogP contribution in [-0.2, 0) is 6.54 Å². The molecule has 0 fully saturated rings. The highest BCUT2D eigenvalue weighted by Crippen LogP contribution is 2.28. The Morgan fingerprint density at radius 1 is 1.00 bits per heavy atom. The van der Waals surface area contributed by atoms with Crippen LogP contribution in [0.1, 0.15) is 15.9 Å². The Hall–Kier alpha value is -2.56. The smallest absolute Gasteiger partial charge is 0.253 e. The van der Waals surface area contributed by atoms with Gasteiger partial charge in [-0.3, -0.25) is 9.78 Å². The molecule has 0 bridgehead atoms. The molecule has 1 heterocycles. The molecular formula is C19H15Cl2N3O. The molecule has 1 amide bonds. The van der Waals surface area contributed by atoms with Crippen molar-refractivity contribution in [1.82, 2.24) is 10.3 Å². The number of hydrogen-bond donors (Lipinski definition) is 2. The molecule has 0 aliphatic heterocycles. The number of amides is 1. The van der Waals surface area contributed by atoms with Crippen LogP contribution in [0.4, 0.5) is 11.4 Å². The van der Waals surface area contributed by atoms with E-state index in [1.165, 1.54) is 6.20 Å². The highest BCUT2D eigenvalue weighted by atomic mass is 35.5. The Balaban J connectivity index is 1.69.